The smallest absolute Gasteiger partial charge is 0.326 e. The van der Waals surface area contributed by atoms with E-state index in [0.29, 0.717) is 12.0 Å². The fourth-order valence-corrected chi connectivity index (χ4v) is 6.28. The van der Waals surface area contributed by atoms with Gasteiger partial charge in [0.1, 0.15) is 12.6 Å². The minimum atomic E-state index is -0.623. The molecule has 4 aliphatic carbocycles. The Kier molecular flexibility index (Phi) is 5.32. The molecule has 5 rings (SSSR count). The van der Waals surface area contributed by atoms with E-state index in [1.807, 2.05) is 0 Å². The number of nitro groups is 1. The number of rotatable bonds is 7. The molecule has 0 unspecified atom stereocenters. The van der Waals surface area contributed by atoms with Crippen molar-refractivity contribution < 1.29 is 19.2 Å². The Morgan fingerprint density at radius 3 is 2.41 bits per heavy atom. The first kappa shape index (κ1) is 19.9. The third-order valence-corrected chi connectivity index (χ3v) is 6.99. The quantitative estimate of drug-likeness (QED) is 0.425. The lowest BCUT2D eigenvalue weighted by molar-refractivity contribution is -0.385. The molecule has 4 aliphatic rings. The first-order valence-electron chi connectivity index (χ1n) is 10.5. The monoisotopic (exact) mass is 400 g/mol. The molecular formula is C22H28N2O5. The minimum absolute atomic E-state index is 0.0470. The summed E-state index contributed by atoms with van der Waals surface area (Å²) in [6, 6.07) is 6.02. The van der Waals surface area contributed by atoms with Gasteiger partial charge in [0, 0.05) is 18.6 Å². The van der Waals surface area contributed by atoms with Crippen molar-refractivity contribution in [3.05, 3.63) is 39.9 Å². The molecule has 1 aromatic carbocycles. The number of carbonyl (C=O) groups excluding carboxylic acids is 2. The second kappa shape index (κ2) is 7.76. The highest BCUT2D eigenvalue weighted by Gasteiger charge is 2.51. The summed E-state index contributed by atoms with van der Waals surface area (Å²) < 4.78 is 5.34. The van der Waals surface area contributed by atoms with Crippen LogP contribution in [-0.2, 0) is 14.3 Å². The average Bonchev–Trinajstić information content (AvgIpc) is 2.65. The van der Waals surface area contributed by atoms with Crippen molar-refractivity contribution in [2.75, 3.05) is 6.54 Å². The summed E-state index contributed by atoms with van der Waals surface area (Å²) in [6.45, 7) is 1.48. The first-order valence-corrected chi connectivity index (χ1v) is 10.5. The Balaban J connectivity index is 1.26. The van der Waals surface area contributed by atoms with Crippen molar-refractivity contribution in [2.24, 2.45) is 23.2 Å². The average molecular weight is 400 g/mol. The summed E-state index contributed by atoms with van der Waals surface area (Å²) in [7, 11) is 0. The molecule has 0 aliphatic heterocycles. The summed E-state index contributed by atoms with van der Waals surface area (Å²) >= 11 is 0. The van der Waals surface area contributed by atoms with Crippen LogP contribution < -0.4 is 5.32 Å². The Hall–Kier alpha value is -2.44. The van der Waals surface area contributed by atoms with Crippen LogP contribution in [0.15, 0.2) is 24.3 Å². The molecule has 0 heterocycles. The highest BCUT2D eigenvalue weighted by Crippen LogP contribution is 2.61. The van der Waals surface area contributed by atoms with Crippen molar-refractivity contribution in [2.45, 2.75) is 58.0 Å². The number of nitro benzene ring substituents is 1. The minimum Gasteiger partial charge on any atom is -0.456 e. The lowest BCUT2D eigenvalue weighted by Gasteiger charge is -2.56. The first-order chi connectivity index (χ1) is 13.8. The normalized spacial score (nSPS) is 30.6. The second-order valence-corrected chi connectivity index (χ2v) is 9.36. The lowest BCUT2D eigenvalue weighted by Crippen LogP contribution is -2.48. The van der Waals surface area contributed by atoms with Crippen LogP contribution in [0.3, 0.4) is 0 Å². The SMILES string of the molecule is C[C@@H](OC(=O)CNC(=O)CC12CC3CC(CC(C3)C1)C2)c1cccc([N+](=O)[O-])c1. The largest absolute Gasteiger partial charge is 0.456 e. The molecule has 4 saturated carbocycles. The Bertz CT molecular complexity index is 786. The number of nitrogens with one attached hydrogen (secondary N) is 1. The van der Waals surface area contributed by atoms with Crippen LogP contribution in [0.25, 0.3) is 0 Å². The van der Waals surface area contributed by atoms with E-state index in [2.05, 4.69) is 5.32 Å². The molecule has 7 nitrogen and oxygen atoms in total. The maximum atomic E-state index is 12.5. The Morgan fingerprint density at radius 2 is 1.83 bits per heavy atom. The van der Waals surface area contributed by atoms with Gasteiger partial charge in [0.15, 0.2) is 0 Å². The molecule has 156 valence electrons. The number of non-ortho nitro benzene ring substituents is 1. The van der Waals surface area contributed by atoms with E-state index in [1.165, 1.54) is 31.4 Å². The van der Waals surface area contributed by atoms with Crippen molar-refractivity contribution >= 4 is 17.6 Å². The van der Waals surface area contributed by atoms with E-state index >= 15 is 0 Å². The fourth-order valence-electron chi connectivity index (χ4n) is 6.28. The number of carbonyl (C=O) groups is 2. The molecule has 1 amide bonds. The third kappa shape index (κ3) is 4.43. The molecule has 0 aromatic heterocycles. The van der Waals surface area contributed by atoms with Gasteiger partial charge in [-0.25, -0.2) is 0 Å². The number of hydrogen-bond acceptors (Lipinski definition) is 5. The van der Waals surface area contributed by atoms with Gasteiger partial charge in [0.2, 0.25) is 5.91 Å². The summed E-state index contributed by atoms with van der Waals surface area (Å²) in [5.74, 6) is 1.74. The van der Waals surface area contributed by atoms with Crippen LogP contribution in [0.2, 0.25) is 0 Å². The molecule has 4 bridgehead atoms. The predicted molar refractivity (Wildman–Crippen MR) is 106 cm³/mol. The summed E-state index contributed by atoms with van der Waals surface area (Å²) in [5, 5.41) is 13.6. The topological polar surface area (TPSA) is 98.5 Å². The molecule has 0 spiro atoms. The van der Waals surface area contributed by atoms with Gasteiger partial charge in [-0.2, -0.15) is 0 Å². The Labute approximate surface area is 170 Å². The van der Waals surface area contributed by atoms with Crippen LogP contribution in [-0.4, -0.2) is 23.3 Å². The van der Waals surface area contributed by atoms with Gasteiger partial charge in [-0.3, -0.25) is 19.7 Å². The summed E-state index contributed by atoms with van der Waals surface area (Å²) in [4.78, 5) is 35.1. The van der Waals surface area contributed by atoms with Crippen molar-refractivity contribution in [1.29, 1.82) is 0 Å². The van der Waals surface area contributed by atoms with Gasteiger partial charge >= 0.3 is 5.97 Å². The van der Waals surface area contributed by atoms with E-state index in [4.69, 9.17) is 4.74 Å². The molecule has 1 N–H and O–H groups in total. The number of esters is 1. The third-order valence-electron chi connectivity index (χ3n) is 6.99. The van der Waals surface area contributed by atoms with Crippen LogP contribution in [0, 0.1) is 33.3 Å². The zero-order chi connectivity index (χ0) is 20.6. The molecule has 1 atom stereocenters. The number of benzene rings is 1. The summed E-state index contributed by atoms with van der Waals surface area (Å²) in [5.41, 5.74) is 0.639. The lowest BCUT2D eigenvalue weighted by atomic mass is 9.49. The van der Waals surface area contributed by atoms with Crippen molar-refractivity contribution in [3.63, 3.8) is 0 Å². The number of amides is 1. The van der Waals surface area contributed by atoms with Crippen molar-refractivity contribution in [1.82, 2.24) is 5.32 Å². The molecule has 4 fully saturated rings. The molecular weight excluding hydrogens is 372 g/mol. The maximum absolute atomic E-state index is 12.5. The molecule has 0 saturated heterocycles. The van der Waals surface area contributed by atoms with Gasteiger partial charge in [0.05, 0.1) is 4.92 Å². The predicted octanol–water partition coefficient (Wildman–Crippen LogP) is 3.92. The Morgan fingerprint density at radius 1 is 1.21 bits per heavy atom. The van der Waals surface area contributed by atoms with Crippen LogP contribution >= 0.6 is 0 Å². The highest BCUT2D eigenvalue weighted by molar-refractivity contribution is 5.82. The molecule has 7 heteroatoms. The molecule has 0 radical (unpaired) electrons. The fraction of sp³-hybridized carbons (Fsp3) is 0.636. The van der Waals surface area contributed by atoms with Crippen molar-refractivity contribution in [3.8, 4) is 0 Å². The van der Waals surface area contributed by atoms with Crippen LogP contribution in [0.1, 0.15) is 63.5 Å². The van der Waals surface area contributed by atoms with Gasteiger partial charge in [-0.15, -0.1) is 0 Å². The van der Waals surface area contributed by atoms with E-state index in [-0.39, 0.29) is 23.6 Å². The van der Waals surface area contributed by atoms with E-state index < -0.39 is 17.0 Å². The van der Waals surface area contributed by atoms with E-state index in [0.717, 1.165) is 37.0 Å². The van der Waals surface area contributed by atoms with E-state index in [9.17, 15) is 19.7 Å². The standard InChI is InChI=1S/C22H28N2O5/c1-14(18-3-2-4-19(8-18)24(27)28)29-21(26)13-23-20(25)12-22-9-15-5-16(10-22)7-17(6-15)11-22/h2-4,8,14-17H,5-7,9-13H2,1H3,(H,23,25)/t14-,15?,16?,17?,22?/m1/s1. The molecule has 1 aromatic rings. The highest BCUT2D eigenvalue weighted by atomic mass is 16.6. The number of nitrogens with zero attached hydrogens (tertiary/aromatic N) is 1. The zero-order valence-corrected chi connectivity index (χ0v) is 16.8. The van der Waals surface area contributed by atoms with Crippen LogP contribution in [0.4, 0.5) is 5.69 Å². The van der Waals surface area contributed by atoms with Gasteiger partial charge in [-0.1, -0.05) is 12.1 Å². The molecule has 29 heavy (non-hydrogen) atoms. The second-order valence-electron chi connectivity index (χ2n) is 9.36. The maximum Gasteiger partial charge on any atom is 0.326 e. The number of ether oxygens (including phenoxy) is 1. The van der Waals surface area contributed by atoms with E-state index in [1.54, 1.807) is 19.1 Å². The van der Waals surface area contributed by atoms with Gasteiger partial charge in [-0.05, 0) is 74.2 Å². The summed E-state index contributed by atoms with van der Waals surface area (Å²) in [6.07, 6.45) is 7.35. The van der Waals surface area contributed by atoms with Gasteiger partial charge in [0.25, 0.3) is 5.69 Å². The number of hydrogen-bond donors (Lipinski definition) is 1. The van der Waals surface area contributed by atoms with Gasteiger partial charge < -0.3 is 10.1 Å². The zero-order valence-electron chi connectivity index (χ0n) is 16.8. The van der Waals surface area contributed by atoms with Crippen LogP contribution in [0.5, 0.6) is 0 Å².